The Labute approximate surface area is 217 Å². The topological polar surface area (TPSA) is 80.9 Å². The smallest absolute Gasteiger partial charge is 0.431 e. The molecule has 3 aromatic rings. The molecule has 1 fully saturated rings. The molecule has 1 saturated heterocycles. The number of alkyl halides is 3. The van der Waals surface area contributed by atoms with Crippen LogP contribution in [0.1, 0.15) is 37.6 Å². The Bertz CT molecular complexity index is 1410. The van der Waals surface area contributed by atoms with Crippen molar-refractivity contribution in [3.63, 3.8) is 0 Å². The number of hydrogen-bond donors (Lipinski definition) is 0. The van der Waals surface area contributed by atoms with E-state index < -0.39 is 28.9 Å². The molecule has 2 heterocycles. The van der Waals surface area contributed by atoms with Gasteiger partial charge < -0.3 is 18.9 Å². The molecule has 38 heavy (non-hydrogen) atoms. The summed E-state index contributed by atoms with van der Waals surface area (Å²) in [5.41, 5.74) is -1.47. The summed E-state index contributed by atoms with van der Waals surface area (Å²) >= 11 is 0. The molecule has 0 amide bonds. The van der Waals surface area contributed by atoms with E-state index in [0.717, 1.165) is 24.6 Å². The molecule has 11 heteroatoms. The second-order valence-electron chi connectivity index (χ2n) is 9.38. The standard InChI is InChI=1S/C27H29F3N2O6/c1-5-17-6-7-18(22(12-17)36-15-21-16-37-26(2,3)38-21)14-35-20-10-8-19(9-11-20)32-24(33)13-23(27(28,29)30)31(4)25(32)34/h6-13,21H,5,14-16H2,1-4H3/t21-/m0/s1. The number of aromatic nitrogens is 2. The maximum absolute atomic E-state index is 13.1. The van der Waals surface area contributed by atoms with Crippen molar-refractivity contribution in [2.24, 2.45) is 7.05 Å². The van der Waals surface area contributed by atoms with Gasteiger partial charge in [0.25, 0.3) is 5.56 Å². The lowest BCUT2D eigenvalue weighted by Crippen LogP contribution is -2.40. The molecule has 0 N–H and O–H groups in total. The number of nitrogens with zero attached hydrogens (tertiary/aromatic N) is 2. The number of benzene rings is 2. The summed E-state index contributed by atoms with van der Waals surface area (Å²) in [7, 11) is 0.967. The van der Waals surface area contributed by atoms with Crippen LogP contribution in [0.4, 0.5) is 13.2 Å². The van der Waals surface area contributed by atoms with E-state index in [-0.39, 0.29) is 18.4 Å². The molecule has 204 valence electrons. The number of rotatable bonds is 8. The van der Waals surface area contributed by atoms with Gasteiger partial charge in [0.1, 0.15) is 36.5 Å². The van der Waals surface area contributed by atoms with E-state index in [9.17, 15) is 22.8 Å². The second kappa shape index (κ2) is 10.7. The molecule has 1 aliphatic heterocycles. The molecular weight excluding hydrogens is 505 g/mol. The zero-order chi connectivity index (χ0) is 27.7. The summed E-state index contributed by atoms with van der Waals surface area (Å²) in [5.74, 6) is 0.451. The second-order valence-corrected chi connectivity index (χ2v) is 9.38. The summed E-state index contributed by atoms with van der Waals surface area (Å²) < 4.78 is 63.7. The van der Waals surface area contributed by atoms with Crippen LogP contribution in [0.2, 0.25) is 0 Å². The highest BCUT2D eigenvalue weighted by molar-refractivity contribution is 5.40. The normalized spacial score (nSPS) is 17.0. The van der Waals surface area contributed by atoms with Gasteiger partial charge in [-0.15, -0.1) is 0 Å². The zero-order valence-corrected chi connectivity index (χ0v) is 21.5. The van der Waals surface area contributed by atoms with Crippen LogP contribution in [0, 0.1) is 0 Å². The van der Waals surface area contributed by atoms with Crippen LogP contribution in [0.5, 0.6) is 11.5 Å². The molecule has 0 saturated carbocycles. The quantitative estimate of drug-likeness (QED) is 0.431. The van der Waals surface area contributed by atoms with Crippen LogP contribution in [-0.4, -0.2) is 34.2 Å². The van der Waals surface area contributed by atoms with Gasteiger partial charge in [0.05, 0.1) is 12.3 Å². The Morgan fingerprint density at radius 1 is 1.05 bits per heavy atom. The fourth-order valence-corrected chi connectivity index (χ4v) is 4.09. The van der Waals surface area contributed by atoms with Crippen LogP contribution >= 0.6 is 0 Å². The Balaban J connectivity index is 1.48. The molecule has 1 atom stereocenters. The Morgan fingerprint density at radius 3 is 2.37 bits per heavy atom. The summed E-state index contributed by atoms with van der Waals surface area (Å²) in [5, 5.41) is 0. The maximum Gasteiger partial charge on any atom is 0.431 e. The Hall–Kier alpha value is -3.57. The maximum atomic E-state index is 13.1. The molecule has 1 aromatic heterocycles. The largest absolute Gasteiger partial charge is 0.490 e. The van der Waals surface area contributed by atoms with Gasteiger partial charge in [-0.2, -0.15) is 13.2 Å². The van der Waals surface area contributed by atoms with Crippen molar-refractivity contribution in [2.75, 3.05) is 13.2 Å². The zero-order valence-electron chi connectivity index (χ0n) is 21.5. The van der Waals surface area contributed by atoms with Gasteiger partial charge in [-0.05, 0) is 56.2 Å². The number of halogens is 3. The Morgan fingerprint density at radius 2 is 1.76 bits per heavy atom. The number of hydrogen-bond acceptors (Lipinski definition) is 6. The molecule has 0 radical (unpaired) electrons. The van der Waals surface area contributed by atoms with Crippen LogP contribution in [-0.2, 0) is 35.7 Å². The predicted molar refractivity (Wildman–Crippen MR) is 133 cm³/mol. The van der Waals surface area contributed by atoms with E-state index in [2.05, 4.69) is 0 Å². The molecule has 0 unspecified atom stereocenters. The monoisotopic (exact) mass is 534 g/mol. The lowest BCUT2D eigenvalue weighted by atomic mass is 10.1. The highest BCUT2D eigenvalue weighted by atomic mass is 19.4. The first-order chi connectivity index (χ1) is 17.9. The van der Waals surface area contributed by atoms with E-state index in [1.807, 2.05) is 39.0 Å². The summed E-state index contributed by atoms with van der Waals surface area (Å²) in [4.78, 5) is 24.8. The third kappa shape index (κ3) is 6.11. The highest BCUT2D eigenvalue weighted by Gasteiger charge is 2.35. The minimum atomic E-state index is -4.82. The first-order valence-corrected chi connectivity index (χ1v) is 12.1. The van der Waals surface area contributed by atoms with E-state index in [0.29, 0.717) is 39.9 Å². The number of ether oxygens (including phenoxy) is 4. The van der Waals surface area contributed by atoms with Crippen LogP contribution in [0.25, 0.3) is 5.69 Å². The summed E-state index contributed by atoms with van der Waals surface area (Å²) in [6.45, 7) is 6.66. The fourth-order valence-electron chi connectivity index (χ4n) is 4.09. The van der Waals surface area contributed by atoms with Gasteiger partial charge in [0, 0.05) is 18.7 Å². The third-order valence-corrected chi connectivity index (χ3v) is 6.13. The van der Waals surface area contributed by atoms with Crippen molar-refractivity contribution in [2.45, 2.75) is 51.9 Å². The SMILES string of the molecule is CCc1ccc(COc2ccc(-n3c(=O)cc(C(F)(F)F)n(C)c3=O)cc2)c(OC[C@H]2COC(C)(C)O2)c1. The van der Waals surface area contributed by atoms with Crippen molar-refractivity contribution in [1.82, 2.24) is 9.13 Å². The third-order valence-electron chi connectivity index (χ3n) is 6.13. The predicted octanol–water partition coefficient (Wildman–Crippen LogP) is 4.23. The van der Waals surface area contributed by atoms with Crippen LogP contribution in [0.15, 0.2) is 58.1 Å². The summed E-state index contributed by atoms with van der Waals surface area (Å²) in [6.07, 6.45) is -4.19. The average molecular weight is 535 g/mol. The van der Waals surface area contributed by atoms with Gasteiger partial charge in [0.15, 0.2) is 5.79 Å². The van der Waals surface area contributed by atoms with E-state index >= 15 is 0 Å². The fraction of sp³-hybridized carbons (Fsp3) is 0.407. The van der Waals surface area contributed by atoms with Gasteiger partial charge in [-0.1, -0.05) is 19.1 Å². The van der Waals surface area contributed by atoms with Gasteiger partial charge in [0.2, 0.25) is 0 Å². The van der Waals surface area contributed by atoms with Crippen molar-refractivity contribution in [3.8, 4) is 17.2 Å². The molecule has 1 aliphatic rings. The molecule has 0 aliphatic carbocycles. The lowest BCUT2D eigenvalue weighted by Gasteiger charge is -2.18. The lowest BCUT2D eigenvalue weighted by molar-refractivity contribution is -0.144. The van der Waals surface area contributed by atoms with Crippen molar-refractivity contribution in [3.05, 3.63) is 86.2 Å². The van der Waals surface area contributed by atoms with Crippen LogP contribution < -0.4 is 20.7 Å². The minimum Gasteiger partial charge on any atom is -0.490 e. The minimum absolute atomic E-state index is 0.120. The Kier molecular flexibility index (Phi) is 7.70. The first kappa shape index (κ1) is 27.5. The molecule has 2 aromatic carbocycles. The molecule has 0 bridgehead atoms. The van der Waals surface area contributed by atoms with E-state index in [4.69, 9.17) is 18.9 Å². The number of aryl methyl sites for hydroxylation is 1. The van der Waals surface area contributed by atoms with Gasteiger partial charge in [-0.25, -0.2) is 9.36 Å². The van der Waals surface area contributed by atoms with E-state index in [1.165, 1.54) is 24.3 Å². The van der Waals surface area contributed by atoms with Crippen molar-refractivity contribution < 1.29 is 32.1 Å². The van der Waals surface area contributed by atoms with E-state index in [1.54, 1.807) is 0 Å². The molecular formula is C27H29F3N2O6. The van der Waals surface area contributed by atoms with Gasteiger partial charge in [-0.3, -0.25) is 9.36 Å². The van der Waals surface area contributed by atoms with Crippen LogP contribution in [0.3, 0.4) is 0 Å². The first-order valence-electron chi connectivity index (χ1n) is 12.1. The highest BCUT2D eigenvalue weighted by Crippen LogP contribution is 2.28. The van der Waals surface area contributed by atoms with Crippen molar-refractivity contribution >= 4 is 0 Å². The van der Waals surface area contributed by atoms with Crippen molar-refractivity contribution in [1.29, 1.82) is 0 Å². The summed E-state index contributed by atoms with van der Waals surface area (Å²) in [6, 6.07) is 12.2. The average Bonchev–Trinajstić information content (AvgIpc) is 3.22. The molecule has 4 rings (SSSR count). The molecule has 0 spiro atoms. The van der Waals surface area contributed by atoms with Gasteiger partial charge >= 0.3 is 11.9 Å². The molecule has 8 nitrogen and oxygen atoms in total.